The summed E-state index contributed by atoms with van der Waals surface area (Å²) >= 11 is 0. The van der Waals surface area contributed by atoms with Crippen LogP contribution in [-0.4, -0.2) is 19.0 Å². The fourth-order valence-corrected chi connectivity index (χ4v) is 1.33. The van der Waals surface area contributed by atoms with E-state index in [0.29, 0.717) is 0 Å². The molecule has 0 saturated heterocycles. The van der Waals surface area contributed by atoms with Crippen LogP contribution in [0.15, 0.2) is 12.1 Å². The van der Waals surface area contributed by atoms with Crippen LogP contribution >= 0.6 is 0 Å². The Morgan fingerprint density at radius 2 is 1.82 bits per heavy atom. The van der Waals surface area contributed by atoms with E-state index in [4.69, 9.17) is 5.73 Å². The molecule has 0 spiro atoms. The van der Waals surface area contributed by atoms with Crippen molar-refractivity contribution in [2.24, 2.45) is 5.73 Å². The van der Waals surface area contributed by atoms with E-state index in [2.05, 4.69) is 4.74 Å². The summed E-state index contributed by atoms with van der Waals surface area (Å²) in [6.45, 7) is 0. The summed E-state index contributed by atoms with van der Waals surface area (Å²) in [7, 11) is 1.03. The van der Waals surface area contributed by atoms with Crippen LogP contribution in [0.1, 0.15) is 22.3 Å². The first-order chi connectivity index (χ1) is 7.95. The topological polar surface area (TPSA) is 69.4 Å². The Bertz CT molecular complexity index is 437. The lowest BCUT2D eigenvalue weighted by Crippen LogP contribution is -2.12. The van der Waals surface area contributed by atoms with Crippen molar-refractivity contribution in [2.45, 2.75) is 12.8 Å². The summed E-state index contributed by atoms with van der Waals surface area (Å²) < 4.78 is 31.1. The van der Waals surface area contributed by atoms with Gasteiger partial charge in [0.05, 0.1) is 7.11 Å². The maximum Gasteiger partial charge on any atom is 0.343 e. The third kappa shape index (κ3) is 3.24. The van der Waals surface area contributed by atoms with Gasteiger partial charge in [0.1, 0.15) is 17.2 Å². The molecule has 0 unspecified atom stereocenters. The van der Waals surface area contributed by atoms with E-state index in [0.717, 1.165) is 19.2 Å². The SMILES string of the molecule is COC(=O)c1c(F)cc(CCC(N)=O)cc1F. The number of hydrogen-bond acceptors (Lipinski definition) is 3. The predicted molar refractivity (Wildman–Crippen MR) is 55.2 cm³/mol. The minimum Gasteiger partial charge on any atom is -0.465 e. The van der Waals surface area contributed by atoms with Crippen molar-refractivity contribution in [3.8, 4) is 0 Å². The Morgan fingerprint density at radius 1 is 1.29 bits per heavy atom. The fourth-order valence-electron chi connectivity index (χ4n) is 1.33. The van der Waals surface area contributed by atoms with Crippen LogP contribution in [0.3, 0.4) is 0 Å². The minimum atomic E-state index is -1.08. The molecule has 92 valence electrons. The van der Waals surface area contributed by atoms with Crippen molar-refractivity contribution >= 4 is 11.9 Å². The Hall–Kier alpha value is -1.98. The first-order valence-corrected chi connectivity index (χ1v) is 4.80. The summed E-state index contributed by atoms with van der Waals surface area (Å²) in [5.41, 5.74) is 4.43. The van der Waals surface area contributed by atoms with E-state index in [1.807, 2.05) is 0 Å². The second-order valence-electron chi connectivity index (χ2n) is 3.39. The van der Waals surface area contributed by atoms with E-state index in [1.165, 1.54) is 0 Å². The van der Waals surface area contributed by atoms with Crippen LogP contribution in [0.4, 0.5) is 8.78 Å². The lowest BCUT2D eigenvalue weighted by atomic mass is 10.1. The van der Waals surface area contributed by atoms with Crippen LogP contribution in [0.2, 0.25) is 0 Å². The number of rotatable bonds is 4. The van der Waals surface area contributed by atoms with Gasteiger partial charge in [-0.2, -0.15) is 0 Å². The van der Waals surface area contributed by atoms with Crippen LogP contribution in [0.25, 0.3) is 0 Å². The van der Waals surface area contributed by atoms with Gasteiger partial charge in [-0.1, -0.05) is 0 Å². The van der Waals surface area contributed by atoms with Crippen LogP contribution in [-0.2, 0) is 16.0 Å². The van der Waals surface area contributed by atoms with Crippen molar-refractivity contribution in [1.82, 2.24) is 0 Å². The summed E-state index contributed by atoms with van der Waals surface area (Å²) in [5, 5.41) is 0. The van der Waals surface area contributed by atoms with Crippen LogP contribution in [0, 0.1) is 11.6 Å². The number of amides is 1. The Kier molecular flexibility index (Phi) is 4.14. The fraction of sp³-hybridized carbons (Fsp3) is 0.273. The highest BCUT2D eigenvalue weighted by Gasteiger charge is 2.19. The normalized spacial score (nSPS) is 10.1. The quantitative estimate of drug-likeness (QED) is 0.807. The molecule has 4 nitrogen and oxygen atoms in total. The standard InChI is InChI=1S/C11H11F2NO3/c1-17-11(16)10-7(12)4-6(5-8(10)13)2-3-9(14)15/h4-5H,2-3H2,1H3,(H2,14,15). The molecule has 0 saturated carbocycles. The van der Waals surface area contributed by atoms with Gasteiger partial charge in [-0.3, -0.25) is 4.79 Å². The van der Waals surface area contributed by atoms with E-state index >= 15 is 0 Å². The molecule has 0 heterocycles. The van der Waals surface area contributed by atoms with Crippen molar-refractivity contribution in [3.63, 3.8) is 0 Å². The van der Waals surface area contributed by atoms with Crippen molar-refractivity contribution in [1.29, 1.82) is 0 Å². The molecule has 1 amide bonds. The molecule has 0 aliphatic heterocycles. The zero-order valence-corrected chi connectivity index (χ0v) is 9.13. The lowest BCUT2D eigenvalue weighted by molar-refractivity contribution is -0.118. The van der Waals surface area contributed by atoms with Crippen molar-refractivity contribution < 1.29 is 23.1 Å². The number of nitrogens with two attached hydrogens (primary N) is 1. The molecule has 0 aliphatic carbocycles. The van der Waals surface area contributed by atoms with Gasteiger partial charge in [0.2, 0.25) is 5.91 Å². The molecule has 1 aromatic carbocycles. The molecule has 0 fully saturated rings. The van der Waals surface area contributed by atoms with Gasteiger partial charge < -0.3 is 10.5 Å². The van der Waals surface area contributed by atoms with Crippen LogP contribution < -0.4 is 5.73 Å². The third-order valence-electron chi connectivity index (χ3n) is 2.15. The summed E-state index contributed by atoms with van der Waals surface area (Å²) in [4.78, 5) is 21.6. The third-order valence-corrected chi connectivity index (χ3v) is 2.15. The molecule has 6 heteroatoms. The van der Waals surface area contributed by atoms with Gasteiger partial charge in [-0.15, -0.1) is 0 Å². The first kappa shape index (κ1) is 13.1. The lowest BCUT2D eigenvalue weighted by Gasteiger charge is -2.06. The molecule has 17 heavy (non-hydrogen) atoms. The molecule has 1 aromatic rings. The van der Waals surface area contributed by atoms with E-state index in [-0.39, 0.29) is 18.4 Å². The highest BCUT2D eigenvalue weighted by molar-refractivity contribution is 5.90. The van der Waals surface area contributed by atoms with Gasteiger partial charge in [0.25, 0.3) is 0 Å². The van der Waals surface area contributed by atoms with Crippen LogP contribution in [0.5, 0.6) is 0 Å². The number of primary amides is 1. The Morgan fingerprint density at radius 3 is 2.24 bits per heavy atom. The van der Waals surface area contributed by atoms with E-state index in [1.54, 1.807) is 0 Å². The number of methoxy groups -OCH3 is 1. The number of carbonyl (C=O) groups excluding carboxylic acids is 2. The second kappa shape index (κ2) is 5.38. The number of halogens is 2. The Labute approximate surface area is 96.4 Å². The monoisotopic (exact) mass is 243 g/mol. The molecule has 0 atom stereocenters. The average molecular weight is 243 g/mol. The predicted octanol–water partition coefficient (Wildman–Crippen LogP) is 1.17. The average Bonchev–Trinajstić information content (AvgIpc) is 2.25. The van der Waals surface area contributed by atoms with Gasteiger partial charge in [0.15, 0.2) is 0 Å². The molecule has 2 N–H and O–H groups in total. The summed E-state index contributed by atoms with van der Waals surface area (Å²) in [6.07, 6.45) is 0.0983. The zero-order chi connectivity index (χ0) is 13.0. The molecule has 0 aliphatic rings. The molecular weight excluding hydrogens is 232 g/mol. The summed E-state index contributed by atoms with van der Waals surface area (Å²) in [6, 6.07) is 1.97. The number of benzene rings is 1. The largest absolute Gasteiger partial charge is 0.465 e. The zero-order valence-electron chi connectivity index (χ0n) is 9.13. The van der Waals surface area contributed by atoms with E-state index < -0.39 is 29.1 Å². The highest BCUT2D eigenvalue weighted by Crippen LogP contribution is 2.17. The Balaban J connectivity index is 3.01. The van der Waals surface area contributed by atoms with E-state index in [9.17, 15) is 18.4 Å². The maximum absolute atomic E-state index is 13.4. The molecule has 1 rings (SSSR count). The molecule has 0 radical (unpaired) electrons. The minimum absolute atomic E-state index is 0.0174. The van der Waals surface area contributed by atoms with Gasteiger partial charge in [-0.05, 0) is 24.1 Å². The number of hydrogen-bond donors (Lipinski definition) is 1. The van der Waals surface area contributed by atoms with Crippen molar-refractivity contribution in [2.75, 3.05) is 7.11 Å². The first-order valence-electron chi connectivity index (χ1n) is 4.80. The summed E-state index contributed by atoms with van der Waals surface area (Å²) in [5.74, 6) is -3.68. The number of esters is 1. The smallest absolute Gasteiger partial charge is 0.343 e. The van der Waals surface area contributed by atoms with Crippen molar-refractivity contribution in [3.05, 3.63) is 34.9 Å². The number of ether oxygens (including phenoxy) is 1. The maximum atomic E-state index is 13.4. The van der Waals surface area contributed by atoms with Gasteiger partial charge in [-0.25, -0.2) is 13.6 Å². The number of carbonyl (C=O) groups is 2. The molecule has 0 bridgehead atoms. The number of aryl methyl sites for hydroxylation is 1. The van der Waals surface area contributed by atoms with Gasteiger partial charge >= 0.3 is 5.97 Å². The van der Waals surface area contributed by atoms with Gasteiger partial charge in [0, 0.05) is 6.42 Å². The molecular formula is C11H11F2NO3. The second-order valence-corrected chi connectivity index (χ2v) is 3.39. The molecule has 0 aromatic heterocycles. The highest BCUT2D eigenvalue weighted by atomic mass is 19.1.